The first-order valence-electron chi connectivity index (χ1n) is 6.18. The van der Waals surface area contributed by atoms with E-state index in [-0.39, 0.29) is 33.4 Å². The highest BCUT2D eigenvalue weighted by molar-refractivity contribution is 7.89. The van der Waals surface area contributed by atoms with Crippen LogP contribution in [0.2, 0.25) is 5.02 Å². The summed E-state index contributed by atoms with van der Waals surface area (Å²) in [4.78, 5) is 11.4. The number of rotatable bonds is 6. The van der Waals surface area contributed by atoms with Crippen LogP contribution in [0, 0.1) is 0 Å². The maximum Gasteiger partial charge on any atom is 0.242 e. The minimum Gasteiger partial charge on any atom is -0.389 e. The molecule has 1 saturated carbocycles. The van der Waals surface area contributed by atoms with Crippen LogP contribution in [-0.2, 0) is 14.8 Å². The van der Waals surface area contributed by atoms with Crippen molar-refractivity contribution in [2.24, 2.45) is 5.73 Å². The minimum atomic E-state index is -3.92. The molecule has 9 heteroatoms. The Morgan fingerprint density at radius 3 is 2.67 bits per heavy atom. The summed E-state index contributed by atoms with van der Waals surface area (Å²) in [6.07, 6.45) is 1.86. The van der Waals surface area contributed by atoms with Crippen molar-refractivity contribution in [2.45, 2.75) is 23.8 Å². The van der Waals surface area contributed by atoms with Gasteiger partial charge in [-0.1, -0.05) is 29.9 Å². The van der Waals surface area contributed by atoms with Crippen molar-refractivity contribution in [1.29, 1.82) is 0 Å². The number of hydrogen-bond acceptors (Lipinski definition) is 4. The summed E-state index contributed by atoms with van der Waals surface area (Å²) in [5.74, 6) is -0.373. The van der Waals surface area contributed by atoms with E-state index in [4.69, 9.17) is 29.6 Å². The van der Waals surface area contributed by atoms with E-state index in [0.29, 0.717) is 5.56 Å². The predicted octanol–water partition coefficient (Wildman–Crippen LogP) is 0.531. The lowest BCUT2D eigenvalue weighted by atomic mass is 10.2. The van der Waals surface area contributed by atoms with Gasteiger partial charge in [0.1, 0.15) is 9.88 Å². The van der Waals surface area contributed by atoms with Crippen molar-refractivity contribution in [3.63, 3.8) is 0 Å². The Labute approximate surface area is 133 Å². The van der Waals surface area contributed by atoms with E-state index in [2.05, 4.69) is 10.0 Å². The van der Waals surface area contributed by atoms with Gasteiger partial charge in [-0.3, -0.25) is 4.79 Å². The van der Waals surface area contributed by atoms with Crippen LogP contribution in [0.1, 0.15) is 18.4 Å². The van der Waals surface area contributed by atoms with Gasteiger partial charge in [0.2, 0.25) is 15.9 Å². The fourth-order valence-corrected chi connectivity index (χ4v) is 3.24. The van der Waals surface area contributed by atoms with Crippen molar-refractivity contribution in [1.82, 2.24) is 10.0 Å². The Bertz CT molecular complexity index is 687. The second-order valence-electron chi connectivity index (χ2n) is 4.68. The van der Waals surface area contributed by atoms with Crippen LogP contribution in [0.5, 0.6) is 0 Å². The topological polar surface area (TPSA) is 101 Å². The number of nitrogens with one attached hydrogen (secondary N) is 2. The number of amides is 1. The molecular formula is C12H14ClN3O3S2. The summed E-state index contributed by atoms with van der Waals surface area (Å²) in [6.45, 7) is -0.341. The number of carbonyl (C=O) groups is 1. The maximum absolute atomic E-state index is 12.2. The zero-order chi connectivity index (χ0) is 15.6. The van der Waals surface area contributed by atoms with Gasteiger partial charge in [0, 0.05) is 11.6 Å². The first kappa shape index (κ1) is 16.2. The first-order chi connectivity index (χ1) is 9.79. The largest absolute Gasteiger partial charge is 0.389 e. The number of benzene rings is 1. The van der Waals surface area contributed by atoms with Gasteiger partial charge in [0.15, 0.2) is 0 Å². The van der Waals surface area contributed by atoms with E-state index in [1.807, 2.05) is 0 Å². The molecule has 114 valence electrons. The van der Waals surface area contributed by atoms with Crippen molar-refractivity contribution in [2.75, 3.05) is 6.54 Å². The lowest BCUT2D eigenvalue weighted by Gasteiger charge is -2.10. The summed E-state index contributed by atoms with van der Waals surface area (Å²) in [7, 11) is -3.92. The normalized spacial score (nSPS) is 14.7. The van der Waals surface area contributed by atoms with E-state index in [1.165, 1.54) is 18.2 Å². The molecule has 21 heavy (non-hydrogen) atoms. The average Bonchev–Trinajstić information content (AvgIpc) is 3.20. The zero-order valence-corrected chi connectivity index (χ0v) is 13.3. The van der Waals surface area contributed by atoms with E-state index >= 15 is 0 Å². The van der Waals surface area contributed by atoms with Gasteiger partial charge in [-0.2, -0.15) is 0 Å². The number of sulfonamides is 1. The van der Waals surface area contributed by atoms with Crippen molar-refractivity contribution >= 4 is 44.7 Å². The Hall–Kier alpha value is -1.22. The number of halogens is 1. The summed E-state index contributed by atoms with van der Waals surface area (Å²) >= 11 is 10.7. The van der Waals surface area contributed by atoms with E-state index < -0.39 is 10.0 Å². The fraction of sp³-hybridized carbons (Fsp3) is 0.333. The SMILES string of the molecule is NC(=S)c1ccc(Cl)c(S(=O)(=O)NCC(=O)NC2CC2)c1. The number of thiocarbonyl (C=S) groups is 1. The van der Waals surface area contributed by atoms with Gasteiger partial charge in [-0.25, -0.2) is 13.1 Å². The van der Waals surface area contributed by atoms with E-state index in [9.17, 15) is 13.2 Å². The second-order valence-corrected chi connectivity index (χ2v) is 7.26. The molecular weight excluding hydrogens is 334 g/mol. The molecule has 0 atom stereocenters. The van der Waals surface area contributed by atoms with Gasteiger partial charge in [-0.05, 0) is 25.0 Å². The first-order valence-corrected chi connectivity index (χ1v) is 8.45. The molecule has 1 aliphatic rings. The molecule has 0 unspecified atom stereocenters. The Balaban J connectivity index is 2.12. The fourth-order valence-electron chi connectivity index (χ4n) is 1.61. The lowest BCUT2D eigenvalue weighted by Crippen LogP contribution is -2.37. The number of carbonyl (C=O) groups excluding carboxylic acids is 1. The predicted molar refractivity (Wildman–Crippen MR) is 83.7 cm³/mol. The monoisotopic (exact) mass is 347 g/mol. The summed E-state index contributed by atoms with van der Waals surface area (Å²) < 4.78 is 26.6. The molecule has 0 heterocycles. The smallest absolute Gasteiger partial charge is 0.242 e. The highest BCUT2D eigenvalue weighted by Crippen LogP contribution is 2.22. The standard InChI is InChI=1S/C12H14ClN3O3S2/c13-9-4-1-7(12(14)20)5-10(9)21(18,19)15-6-11(17)16-8-2-3-8/h1,4-5,8,15H,2-3,6H2,(H2,14,20)(H,16,17). The molecule has 1 amide bonds. The third-order valence-corrected chi connectivity index (χ3v) is 4.99. The van der Waals surface area contributed by atoms with Crippen LogP contribution in [0.25, 0.3) is 0 Å². The second kappa shape index (κ2) is 6.27. The van der Waals surface area contributed by atoms with Gasteiger partial charge >= 0.3 is 0 Å². The van der Waals surface area contributed by atoms with Crippen molar-refractivity contribution in [3.8, 4) is 0 Å². The van der Waals surface area contributed by atoms with Crippen LogP contribution in [0.3, 0.4) is 0 Å². The van der Waals surface area contributed by atoms with Gasteiger partial charge in [0.05, 0.1) is 11.6 Å². The van der Waals surface area contributed by atoms with Gasteiger partial charge < -0.3 is 11.1 Å². The summed E-state index contributed by atoms with van der Waals surface area (Å²) in [5.41, 5.74) is 5.86. The lowest BCUT2D eigenvalue weighted by molar-refractivity contribution is -0.120. The van der Waals surface area contributed by atoms with Gasteiger partial charge in [0.25, 0.3) is 0 Å². The van der Waals surface area contributed by atoms with E-state index in [0.717, 1.165) is 12.8 Å². The van der Waals surface area contributed by atoms with Crippen LogP contribution >= 0.6 is 23.8 Å². The molecule has 1 aromatic rings. The molecule has 0 radical (unpaired) electrons. The summed E-state index contributed by atoms with van der Waals surface area (Å²) in [6, 6.07) is 4.38. The maximum atomic E-state index is 12.2. The molecule has 4 N–H and O–H groups in total. The number of nitrogens with two attached hydrogens (primary N) is 1. The molecule has 0 aromatic heterocycles. The molecule has 0 saturated heterocycles. The molecule has 0 spiro atoms. The number of hydrogen-bond donors (Lipinski definition) is 3. The van der Waals surface area contributed by atoms with Crippen LogP contribution in [-0.4, -0.2) is 31.9 Å². The molecule has 2 rings (SSSR count). The quantitative estimate of drug-likeness (QED) is 0.652. The van der Waals surface area contributed by atoms with Gasteiger partial charge in [-0.15, -0.1) is 0 Å². The highest BCUT2D eigenvalue weighted by Gasteiger charge is 2.25. The third-order valence-electron chi connectivity index (χ3n) is 2.87. The van der Waals surface area contributed by atoms with Crippen LogP contribution in [0.15, 0.2) is 23.1 Å². The van der Waals surface area contributed by atoms with E-state index in [1.54, 1.807) is 0 Å². The molecule has 1 aromatic carbocycles. The van der Waals surface area contributed by atoms with Crippen molar-refractivity contribution in [3.05, 3.63) is 28.8 Å². The Morgan fingerprint density at radius 2 is 2.10 bits per heavy atom. The Kier molecular flexibility index (Phi) is 4.82. The molecule has 6 nitrogen and oxygen atoms in total. The molecule has 0 bridgehead atoms. The van der Waals surface area contributed by atoms with Crippen molar-refractivity contribution < 1.29 is 13.2 Å². The third kappa shape index (κ3) is 4.37. The summed E-state index contributed by atoms with van der Waals surface area (Å²) in [5, 5.41) is 2.71. The van der Waals surface area contributed by atoms with Crippen LogP contribution < -0.4 is 15.8 Å². The molecule has 0 aliphatic heterocycles. The minimum absolute atomic E-state index is 0.0325. The molecule has 1 fully saturated rings. The Morgan fingerprint density at radius 1 is 1.43 bits per heavy atom. The van der Waals surface area contributed by atoms with Crippen LogP contribution in [0.4, 0.5) is 0 Å². The highest BCUT2D eigenvalue weighted by atomic mass is 35.5. The zero-order valence-electron chi connectivity index (χ0n) is 10.9. The molecule has 1 aliphatic carbocycles. The average molecular weight is 348 g/mol.